The van der Waals surface area contributed by atoms with Crippen LogP contribution in [0.5, 0.6) is 0 Å². The summed E-state index contributed by atoms with van der Waals surface area (Å²) in [6.45, 7) is 5.44. The highest BCUT2D eigenvalue weighted by Crippen LogP contribution is 1.88. The van der Waals surface area contributed by atoms with Crippen LogP contribution in [-0.2, 0) is 0 Å². The molecule has 0 spiro atoms. The van der Waals surface area contributed by atoms with Crippen LogP contribution in [0.2, 0.25) is 0 Å². The third-order valence-electron chi connectivity index (χ3n) is 0.957. The monoisotopic (exact) mass is 182 g/mol. The van der Waals surface area contributed by atoms with Crippen molar-refractivity contribution in [1.82, 2.24) is 0 Å². The molecular formula is C12H34. The fourth-order valence-electron chi connectivity index (χ4n) is 0.250. The summed E-state index contributed by atoms with van der Waals surface area (Å²) >= 11 is 0. The van der Waals surface area contributed by atoms with Crippen LogP contribution in [0.4, 0.5) is 0 Å². The summed E-state index contributed by atoms with van der Waals surface area (Å²) in [7, 11) is 0. The summed E-state index contributed by atoms with van der Waals surface area (Å²) < 4.78 is 13.3. The maximum atomic E-state index is 6.71. The quantitative estimate of drug-likeness (QED) is 0.476. The van der Waals surface area contributed by atoms with Crippen LogP contribution in [0.1, 0.15) is 84.8 Å². The third kappa shape index (κ3) is 90.0. The summed E-state index contributed by atoms with van der Waals surface area (Å²) in [5.74, 6) is 0. The van der Waals surface area contributed by atoms with Crippen molar-refractivity contribution in [2.75, 3.05) is 0 Å². The highest BCUT2D eigenvalue weighted by molar-refractivity contribution is 4.24. The van der Waals surface area contributed by atoms with Crippen LogP contribution in [0.15, 0.2) is 0 Å². The van der Waals surface area contributed by atoms with Crippen molar-refractivity contribution in [3.05, 3.63) is 0 Å². The van der Waals surface area contributed by atoms with Crippen molar-refractivity contribution in [2.24, 2.45) is 0 Å². The van der Waals surface area contributed by atoms with E-state index >= 15 is 0 Å². The second-order valence-corrected chi connectivity index (χ2v) is 2.06. The molecule has 0 unspecified atom stereocenters. The Morgan fingerprint density at radius 3 is 1.33 bits per heavy atom. The molecule has 0 saturated heterocycles. The maximum Gasteiger partial charge on any atom is 0.0230 e. The Morgan fingerprint density at radius 2 is 1.25 bits per heavy atom. The van der Waals surface area contributed by atoms with E-state index in [1.165, 1.54) is 12.8 Å². The van der Waals surface area contributed by atoms with Crippen molar-refractivity contribution in [1.29, 1.82) is 0 Å². The van der Waals surface area contributed by atoms with Gasteiger partial charge in [0.15, 0.2) is 0 Å². The van der Waals surface area contributed by atoms with E-state index in [1.54, 1.807) is 0 Å². The minimum atomic E-state index is 0. The van der Waals surface area contributed by atoms with Gasteiger partial charge in [-0.2, -0.15) is 0 Å². The van der Waals surface area contributed by atoms with Crippen LogP contribution in [0.3, 0.4) is 0 Å². The first-order valence-corrected chi connectivity index (χ1v) is 3.91. The Morgan fingerprint density at radius 1 is 0.750 bits per heavy atom. The average molecular weight is 182 g/mol. The molecule has 0 aliphatic carbocycles. The van der Waals surface area contributed by atoms with Gasteiger partial charge in [-0.1, -0.05) is 82.0 Å². The SMILES string of the molecule is C.C.C.[3H]CCCC.[3H]CCCCC. The second kappa shape index (κ2) is 44.0. The number of rotatable bonds is 3. The predicted octanol–water partition coefficient (Wildman–Crippen LogP) is 5.91. The molecule has 0 rings (SSSR count). The van der Waals surface area contributed by atoms with E-state index in [-0.39, 0.29) is 22.3 Å². The normalized spacial score (nSPS) is 8.17. The Labute approximate surface area is 85.6 Å². The smallest absolute Gasteiger partial charge is 0.0230 e. The molecule has 82 valence electrons. The van der Waals surface area contributed by atoms with Crippen LogP contribution in [0.25, 0.3) is 0 Å². The van der Waals surface area contributed by atoms with E-state index in [0.29, 0.717) is 13.8 Å². The average Bonchev–Trinajstić information content (AvgIpc) is 2.04. The van der Waals surface area contributed by atoms with Crippen molar-refractivity contribution in [3.63, 3.8) is 0 Å². The van der Waals surface area contributed by atoms with Crippen LogP contribution in [0, 0.1) is 0 Å². The molecule has 0 atom stereocenters. The molecule has 0 amide bonds. The van der Waals surface area contributed by atoms with Crippen molar-refractivity contribution in [2.45, 2.75) is 82.0 Å². The molecular weight excluding hydrogens is 144 g/mol. The first kappa shape index (κ1) is 17.9. The lowest BCUT2D eigenvalue weighted by Crippen LogP contribution is -1.59. The standard InChI is InChI=1S/C5H12.C4H10.3CH4/c1-3-5-4-2;1-3-4-2;;;/h3-5H2,1-2H3;3-4H2,1-2H3;3*1H4/i2*1T;;;. The van der Waals surface area contributed by atoms with Gasteiger partial charge in [-0.3, -0.25) is 0 Å². The van der Waals surface area contributed by atoms with Gasteiger partial charge in [0.05, 0.1) is 0 Å². The van der Waals surface area contributed by atoms with Gasteiger partial charge in [-0.15, -0.1) is 0 Å². The van der Waals surface area contributed by atoms with Crippen LogP contribution < -0.4 is 0 Å². The minimum absolute atomic E-state index is 0. The number of hydrogen-bond donors (Lipinski definition) is 0. The lowest BCUT2D eigenvalue weighted by atomic mass is 10.3. The highest BCUT2D eigenvalue weighted by Gasteiger charge is 1.68. The van der Waals surface area contributed by atoms with E-state index < -0.39 is 0 Å². The highest BCUT2D eigenvalue weighted by atomic mass is 13.7. The molecule has 0 heterocycles. The summed E-state index contributed by atoms with van der Waals surface area (Å²) in [5.41, 5.74) is 0. The first-order valence-electron chi connectivity index (χ1n) is 5.33. The zero-order chi connectivity index (χ0) is 8.95. The molecule has 0 aromatic rings. The molecule has 0 bridgehead atoms. The van der Waals surface area contributed by atoms with E-state index in [9.17, 15) is 0 Å². The maximum absolute atomic E-state index is 6.71. The van der Waals surface area contributed by atoms with Gasteiger partial charge in [-0.05, 0) is 0 Å². The molecule has 0 aliphatic heterocycles. The summed E-state index contributed by atoms with van der Waals surface area (Å²) in [6.07, 6.45) is 5.75. The van der Waals surface area contributed by atoms with Gasteiger partial charge in [-0.25, -0.2) is 0 Å². The summed E-state index contributed by atoms with van der Waals surface area (Å²) in [6, 6.07) is 0. The largest absolute Gasteiger partial charge is 0.0776 e. The molecule has 0 aromatic carbocycles. The van der Waals surface area contributed by atoms with Gasteiger partial charge in [0, 0.05) is 2.74 Å². The predicted molar refractivity (Wildman–Crippen MR) is 66.0 cm³/mol. The van der Waals surface area contributed by atoms with Crippen molar-refractivity contribution < 1.29 is 2.74 Å². The molecule has 0 nitrogen and oxygen atoms in total. The van der Waals surface area contributed by atoms with Gasteiger partial charge in [0.2, 0.25) is 0 Å². The Bertz CT molecular complexity index is 41.6. The van der Waals surface area contributed by atoms with E-state index in [4.69, 9.17) is 2.74 Å². The number of hydrogen-bond acceptors (Lipinski definition) is 0. The van der Waals surface area contributed by atoms with Gasteiger partial charge in [0.25, 0.3) is 0 Å². The minimum Gasteiger partial charge on any atom is -0.0776 e. The zero-order valence-electron chi connectivity index (χ0n) is 8.95. The summed E-state index contributed by atoms with van der Waals surface area (Å²) in [4.78, 5) is 0. The van der Waals surface area contributed by atoms with Crippen molar-refractivity contribution in [3.8, 4) is 0 Å². The van der Waals surface area contributed by atoms with Gasteiger partial charge >= 0.3 is 0 Å². The third-order valence-corrected chi connectivity index (χ3v) is 0.957. The lowest BCUT2D eigenvalue weighted by molar-refractivity contribution is 0.772. The molecule has 0 radical (unpaired) electrons. The Balaban J connectivity index is -0.0000000321. The molecule has 12 heavy (non-hydrogen) atoms. The van der Waals surface area contributed by atoms with Crippen molar-refractivity contribution >= 4 is 0 Å². The fraction of sp³-hybridized carbons (Fsp3) is 1.00. The fourth-order valence-corrected chi connectivity index (χ4v) is 0.250. The van der Waals surface area contributed by atoms with Gasteiger partial charge in [0.1, 0.15) is 0 Å². The lowest BCUT2D eigenvalue weighted by Gasteiger charge is -1.79. The summed E-state index contributed by atoms with van der Waals surface area (Å²) in [5, 5.41) is 0. The molecule has 0 fully saturated rings. The number of unbranched alkanes of at least 4 members (excludes halogenated alkanes) is 3. The molecule has 0 N–H and O–H groups in total. The van der Waals surface area contributed by atoms with Crippen LogP contribution >= 0.6 is 0 Å². The molecule has 0 aliphatic rings. The zero-order valence-corrected chi connectivity index (χ0v) is 6.95. The molecule has 0 heteroatoms. The van der Waals surface area contributed by atoms with Crippen LogP contribution in [-0.4, -0.2) is 0 Å². The topological polar surface area (TPSA) is 0 Å². The second-order valence-electron chi connectivity index (χ2n) is 2.06. The van der Waals surface area contributed by atoms with E-state index in [0.717, 1.165) is 19.3 Å². The Kier molecular flexibility index (Phi) is 65.7. The molecule has 0 saturated carbocycles. The van der Waals surface area contributed by atoms with E-state index in [1.807, 2.05) is 0 Å². The first-order chi connectivity index (χ1) is 5.33. The Hall–Kier alpha value is 0. The molecule has 0 aromatic heterocycles. The van der Waals surface area contributed by atoms with Gasteiger partial charge < -0.3 is 0 Å². The van der Waals surface area contributed by atoms with E-state index in [2.05, 4.69) is 13.8 Å².